The second-order valence-electron chi connectivity index (χ2n) is 8.19. The molecule has 2 aromatic heterocycles. The highest BCUT2D eigenvalue weighted by molar-refractivity contribution is 7.10. The van der Waals surface area contributed by atoms with Gasteiger partial charge in [0.2, 0.25) is 5.82 Å². The van der Waals surface area contributed by atoms with Crippen molar-refractivity contribution in [2.45, 2.75) is 37.8 Å². The number of para-hydroxylation sites is 2. The Balaban J connectivity index is 1.39. The largest absolute Gasteiger partial charge is 0.495 e. The predicted molar refractivity (Wildman–Crippen MR) is 117 cm³/mol. The molecule has 0 radical (unpaired) electrons. The van der Waals surface area contributed by atoms with E-state index in [-0.39, 0.29) is 6.04 Å². The van der Waals surface area contributed by atoms with Crippen molar-refractivity contribution < 1.29 is 9.64 Å². The quantitative estimate of drug-likeness (QED) is 0.657. The number of hydrogen-bond donors (Lipinski definition) is 1. The van der Waals surface area contributed by atoms with E-state index in [4.69, 9.17) is 4.74 Å². The smallest absolute Gasteiger partial charge is 0.215 e. The Bertz CT molecular complexity index is 944. The topological polar surface area (TPSA) is 60.5 Å². The lowest BCUT2D eigenvalue weighted by Gasteiger charge is -2.37. The van der Waals surface area contributed by atoms with Gasteiger partial charge < -0.3 is 14.5 Å². The van der Waals surface area contributed by atoms with Crippen LogP contribution in [0.3, 0.4) is 0 Å². The van der Waals surface area contributed by atoms with Gasteiger partial charge in [-0.1, -0.05) is 31.0 Å². The van der Waals surface area contributed by atoms with Gasteiger partial charge in [-0.3, -0.25) is 0 Å². The Morgan fingerprint density at radius 2 is 1.90 bits per heavy atom. The minimum Gasteiger partial charge on any atom is -0.495 e. The molecule has 0 unspecified atom stereocenters. The lowest BCUT2D eigenvalue weighted by molar-refractivity contribution is -0.926. The fourth-order valence-electron chi connectivity index (χ4n) is 4.98. The maximum atomic E-state index is 5.59. The van der Waals surface area contributed by atoms with E-state index in [0.717, 1.165) is 37.8 Å². The number of methoxy groups -OCH3 is 1. The Kier molecular flexibility index (Phi) is 5.68. The number of tetrazole rings is 1. The van der Waals surface area contributed by atoms with Crippen LogP contribution in [0.5, 0.6) is 5.75 Å². The van der Waals surface area contributed by atoms with Gasteiger partial charge in [0.15, 0.2) is 6.04 Å². The number of thiophene rings is 1. The molecule has 0 amide bonds. The second kappa shape index (κ2) is 8.73. The van der Waals surface area contributed by atoms with Crippen molar-refractivity contribution in [3.63, 3.8) is 0 Å². The zero-order chi connectivity index (χ0) is 20.3. The molecule has 1 atom stereocenters. The van der Waals surface area contributed by atoms with Gasteiger partial charge in [0.05, 0.1) is 49.9 Å². The average molecular weight is 426 g/mol. The third-order valence-electron chi connectivity index (χ3n) is 6.51. The third-order valence-corrected chi connectivity index (χ3v) is 7.45. The predicted octanol–water partition coefficient (Wildman–Crippen LogP) is 2.35. The lowest BCUT2D eigenvalue weighted by atomic mass is 10.1. The van der Waals surface area contributed by atoms with Gasteiger partial charge in [-0.25, -0.2) is 4.68 Å². The molecule has 158 valence electrons. The van der Waals surface area contributed by atoms with Crippen molar-refractivity contribution in [2.75, 3.05) is 38.2 Å². The molecule has 3 aromatic rings. The van der Waals surface area contributed by atoms with E-state index in [1.54, 1.807) is 7.11 Å². The summed E-state index contributed by atoms with van der Waals surface area (Å²) >= 11 is 1.81. The minimum atomic E-state index is 0.195. The first-order valence-electron chi connectivity index (χ1n) is 10.9. The molecular weight excluding hydrogens is 396 g/mol. The number of benzene rings is 1. The van der Waals surface area contributed by atoms with Gasteiger partial charge >= 0.3 is 0 Å². The Morgan fingerprint density at radius 3 is 2.63 bits per heavy atom. The first-order valence-corrected chi connectivity index (χ1v) is 11.8. The second-order valence-corrected chi connectivity index (χ2v) is 9.16. The summed E-state index contributed by atoms with van der Waals surface area (Å²) in [5.74, 6) is 1.98. The number of nitrogens with one attached hydrogen (secondary N) is 1. The summed E-state index contributed by atoms with van der Waals surface area (Å²) in [6.45, 7) is 4.06. The summed E-state index contributed by atoms with van der Waals surface area (Å²) < 4.78 is 7.72. The van der Waals surface area contributed by atoms with Crippen LogP contribution < -0.4 is 14.5 Å². The summed E-state index contributed by atoms with van der Waals surface area (Å²) in [5.41, 5.74) is 1.18. The van der Waals surface area contributed by atoms with E-state index in [0.29, 0.717) is 6.04 Å². The molecule has 1 aliphatic carbocycles. The highest BCUT2D eigenvalue weighted by Crippen LogP contribution is 2.32. The number of nitrogens with zero attached hydrogens (tertiary/aromatic N) is 5. The molecule has 1 N–H and O–H groups in total. The molecule has 1 saturated carbocycles. The van der Waals surface area contributed by atoms with E-state index >= 15 is 0 Å². The maximum absolute atomic E-state index is 5.59. The molecule has 1 saturated heterocycles. The molecule has 8 heteroatoms. The van der Waals surface area contributed by atoms with E-state index in [1.807, 2.05) is 23.5 Å². The Hall–Kier alpha value is -2.45. The van der Waals surface area contributed by atoms with Gasteiger partial charge in [-0.15, -0.1) is 16.4 Å². The van der Waals surface area contributed by atoms with Crippen molar-refractivity contribution in [3.05, 3.63) is 52.5 Å². The summed E-state index contributed by atoms with van der Waals surface area (Å²) in [4.78, 5) is 5.33. The lowest BCUT2D eigenvalue weighted by Crippen LogP contribution is -3.15. The number of anilines is 1. The number of piperazine rings is 1. The standard InChI is InChI=1S/C22H28N6OS/c1-29-19-10-5-4-9-18(19)26-12-14-27(15-13-26)21(20-11-6-16-30-20)22-23-24-25-28(22)17-7-2-3-8-17/h4-6,9-11,16-17,21H,2-3,7-8,12-15H2,1H3/p+1/t21-/m1/s1. The molecule has 5 rings (SSSR count). The van der Waals surface area contributed by atoms with Crippen LogP contribution in [-0.2, 0) is 0 Å². The van der Waals surface area contributed by atoms with E-state index in [2.05, 4.69) is 54.8 Å². The molecule has 2 aliphatic rings. The normalized spacial score (nSPS) is 19.3. The molecule has 7 nitrogen and oxygen atoms in total. The molecule has 1 aromatic carbocycles. The van der Waals surface area contributed by atoms with Crippen molar-refractivity contribution in [3.8, 4) is 5.75 Å². The Morgan fingerprint density at radius 1 is 1.10 bits per heavy atom. The molecule has 0 spiro atoms. The molecule has 30 heavy (non-hydrogen) atoms. The van der Waals surface area contributed by atoms with E-state index < -0.39 is 0 Å². The van der Waals surface area contributed by atoms with Gasteiger partial charge in [0.1, 0.15) is 5.75 Å². The number of aromatic nitrogens is 4. The number of hydrogen-bond acceptors (Lipinski definition) is 6. The van der Waals surface area contributed by atoms with Crippen LogP contribution in [-0.4, -0.2) is 53.5 Å². The van der Waals surface area contributed by atoms with Crippen LogP contribution in [0.2, 0.25) is 0 Å². The number of quaternary nitrogens is 1. The first-order chi connectivity index (χ1) is 14.8. The van der Waals surface area contributed by atoms with Crippen LogP contribution >= 0.6 is 11.3 Å². The fourth-order valence-corrected chi connectivity index (χ4v) is 5.86. The van der Waals surface area contributed by atoms with Crippen molar-refractivity contribution in [1.82, 2.24) is 20.2 Å². The number of rotatable bonds is 6. The molecule has 1 aliphatic heterocycles. The SMILES string of the molecule is COc1ccccc1N1CC[NH+]([C@H](c2cccs2)c2nnnn2C2CCCC2)CC1. The molecular formula is C22H29N6OS+. The van der Waals surface area contributed by atoms with Crippen LogP contribution in [0.15, 0.2) is 41.8 Å². The highest BCUT2D eigenvalue weighted by Gasteiger charge is 2.37. The highest BCUT2D eigenvalue weighted by atomic mass is 32.1. The summed E-state index contributed by atoms with van der Waals surface area (Å²) in [5, 5.41) is 15.2. The van der Waals surface area contributed by atoms with Crippen LogP contribution in [0, 0.1) is 0 Å². The first kappa shape index (κ1) is 19.5. The maximum Gasteiger partial charge on any atom is 0.215 e. The summed E-state index contributed by atoms with van der Waals surface area (Å²) in [6.07, 6.45) is 4.92. The van der Waals surface area contributed by atoms with Crippen molar-refractivity contribution >= 4 is 17.0 Å². The van der Waals surface area contributed by atoms with Gasteiger partial charge in [-0.05, 0) is 46.8 Å². The third kappa shape index (κ3) is 3.70. The zero-order valence-electron chi connectivity index (χ0n) is 17.4. The van der Waals surface area contributed by atoms with Gasteiger partial charge in [-0.2, -0.15) is 0 Å². The minimum absolute atomic E-state index is 0.195. The average Bonchev–Trinajstić information content (AvgIpc) is 3.57. The summed E-state index contributed by atoms with van der Waals surface area (Å²) in [6, 6.07) is 13.3. The van der Waals surface area contributed by atoms with Gasteiger partial charge in [0, 0.05) is 0 Å². The zero-order valence-corrected chi connectivity index (χ0v) is 18.2. The molecule has 2 fully saturated rings. The van der Waals surface area contributed by atoms with Crippen molar-refractivity contribution in [2.24, 2.45) is 0 Å². The van der Waals surface area contributed by atoms with Crippen LogP contribution in [0.1, 0.15) is 48.5 Å². The monoisotopic (exact) mass is 425 g/mol. The van der Waals surface area contributed by atoms with Gasteiger partial charge in [0.25, 0.3) is 0 Å². The van der Waals surface area contributed by atoms with Crippen LogP contribution in [0.25, 0.3) is 0 Å². The van der Waals surface area contributed by atoms with E-state index in [9.17, 15) is 0 Å². The number of ether oxygens (including phenoxy) is 1. The van der Waals surface area contributed by atoms with Crippen LogP contribution in [0.4, 0.5) is 5.69 Å². The summed E-state index contributed by atoms with van der Waals surface area (Å²) in [7, 11) is 1.75. The fraction of sp³-hybridized carbons (Fsp3) is 0.500. The molecule has 3 heterocycles. The van der Waals surface area contributed by atoms with E-state index in [1.165, 1.54) is 41.1 Å². The Labute approximate surface area is 181 Å². The van der Waals surface area contributed by atoms with Crippen molar-refractivity contribution in [1.29, 1.82) is 0 Å². The molecule has 0 bridgehead atoms.